The molecule has 1 aromatic carbocycles. The fraction of sp³-hybridized carbons (Fsp3) is 0.250. The normalized spacial score (nSPS) is 12.8. The number of thiophene rings is 1. The number of aromatic amines is 1. The molecule has 0 aliphatic rings. The van der Waals surface area contributed by atoms with Crippen LogP contribution in [0, 0.1) is 20.8 Å². The molecule has 4 nitrogen and oxygen atoms in total. The summed E-state index contributed by atoms with van der Waals surface area (Å²) in [5.41, 5.74) is 3.16. The summed E-state index contributed by atoms with van der Waals surface area (Å²) < 4.78 is 0. The van der Waals surface area contributed by atoms with Crippen LogP contribution >= 0.6 is 23.1 Å². The molecule has 4 aromatic rings. The Bertz CT molecular complexity index is 1190. The molecule has 26 heavy (non-hydrogen) atoms. The molecule has 0 amide bonds. The van der Waals surface area contributed by atoms with Crippen LogP contribution < -0.4 is 5.56 Å². The monoisotopic (exact) mass is 381 g/mol. The number of thioether (sulfide) groups is 1. The molecular formula is C20H19N3OS2. The van der Waals surface area contributed by atoms with Crippen LogP contribution in [0.5, 0.6) is 0 Å². The topological polar surface area (TPSA) is 58.6 Å². The number of aryl methyl sites for hydroxylation is 3. The Balaban J connectivity index is 1.71. The van der Waals surface area contributed by atoms with Crippen LogP contribution in [0.3, 0.4) is 0 Å². The van der Waals surface area contributed by atoms with Crippen molar-refractivity contribution in [2.24, 2.45) is 0 Å². The molecule has 1 atom stereocenters. The van der Waals surface area contributed by atoms with E-state index in [-0.39, 0.29) is 10.8 Å². The Morgan fingerprint density at radius 1 is 1.15 bits per heavy atom. The molecule has 0 saturated carbocycles. The molecule has 6 heteroatoms. The first kappa shape index (κ1) is 17.2. The maximum atomic E-state index is 12.5. The van der Waals surface area contributed by atoms with Gasteiger partial charge >= 0.3 is 0 Å². The summed E-state index contributed by atoms with van der Waals surface area (Å²) in [4.78, 5) is 26.9. The second-order valence-electron chi connectivity index (χ2n) is 6.47. The minimum atomic E-state index is -0.0537. The molecule has 0 radical (unpaired) electrons. The van der Waals surface area contributed by atoms with Crippen LogP contribution in [-0.4, -0.2) is 15.0 Å². The van der Waals surface area contributed by atoms with E-state index in [0.717, 1.165) is 25.8 Å². The minimum absolute atomic E-state index is 0.00266. The van der Waals surface area contributed by atoms with E-state index in [2.05, 4.69) is 24.0 Å². The average molecular weight is 382 g/mol. The van der Waals surface area contributed by atoms with E-state index in [1.807, 2.05) is 39.0 Å². The van der Waals surface area contributed by atoms with Gasteiger partial charge in [0.25, 0.3) is 5.56 Å². The maximum absolute atomic E-state index is 12.5. The quantitative estimate of drug-likeness (QED) is 0.489. The summed E-state index contributed by atoms with van der Waals surface area (Å²) in [7, 11) is 0. The van der Waals surface area contributed by atoms with Gasteiger partial charge in [0.15, 0.2) is 0 Å². The highest BCUT2D eigenvalue weighted by atomic mass is 32.2. The number of pyridine rings is 1. The Morgan fingerprint density at radius 3 is 2.73 bits per heavy atom. The first-order chi connectivity index (χ1) is 12.4. The molecule has 3 heterocycles. The second-order valence-corrected chi connectivity index (χ2v) is 9.03. The van der Waals surface area contributed by atoms with Crippen molar-refractivity contribution in [3.8, 4) is 0 Å². The van der Waals surface area contributed by atoms with Gasteiger partial charge in [-0.2, -0.15) is 0 Å². The molecule has 132 valence electrons. The highest BCUT2D eigenvalue weighted by Crippen LogP contribution is 2.35. The van der Waals surface area contributed by atoms with Gasteiger partial charge in [0.05, 0.1) is 21.2 Å². The molecule has 1 unspecified atom stereocenters. The number of nitrogens with zero attached hydrogens (tertiary/aromatic N) is 2. The Labute approximate surface area is 159 Å². The van der Waals surface area contributed by atoms with Crippen LogP contribution in [0.2, 0.25) is 0 Å². The number of nitrogens with one attached hydrogen (secondary N) is 1. The molecule has 0 spiro atoms. The van der Waals surface area contributed by atoms with E-state index in [0.29, 0.717) is 11.2 Å². The predicted molar refractivity (Wildman–Crippen MR) is 110 cm³/mol. The third kappa shape index (κ3) is 2.93. The minimum Gasteiger partial charge on any atom is -0.309 e. The van der Waals surface area contributed by atoms with Crippen LogP contribution in [0.25, 0.3) is 21.1 Å². The van der Waals surface area contributed by atoms with Crippen LogP contribution in [-0.2, 0) is 0 Å². The van der Waals surface area contributed by atoms with Gasteiger partial charge in [-0.05, 0) is 51.0 Å². The van der Waals surface area contributed by atoms with Crippen molar-refractivity contribution in [1.82, 2.24) is 15.0 Å². The van der Waals surface area contributed by atoms with Gasteiger partial charge in [0, 0.05) is 10.3 Å². The smallest absolute Gasteiger partial charge is 0.259 e. The lowest BCUT2D eigenvalue weighted by Gasteiger charge is -2.11. The molecule has 0 aliphatic heterocycles. The number of H-pyrrole nitrogens is 1. The highest BCUT2D eigenvalue weighted by Gasteiger charge is 2.17. The van der Waals surface area contributed by atoms with Gasteiger partial charge in [-0.15, -0.1) is 11.3 Å². The molecule has 0 fully saturated rings. The van der Waals surface area contributed by atoms with Gasteiger partial charge in [0.2, 0.25) is 0 Å². The standard InChI is InChI=1S/C20H19N3OS2/c1-10-9-16(21-15-8-6-5-7-14(10)15)25-13(4)18-22-19(24)17-11(2)12(3)26-20(17)23-18/h5-9,13H,1-4H3,(H,22,23,24). The fourth-order valence-corrected chi connectivity index (χ4v) is 5.10. The molecule has 0 bridgehead atoms. The van der Waals surface area contributed by atoms with Crippen molar-refractivity contribution in [2.75, 3.05) is 0 Å². The molecule has 0 aliphatic carbocycles. The Kier molecular flexibility index (Phi) is 4.32. The zero-order chi connectivity index (χ0) is 18.4. The van der Waals surface area contributed by atoms with Crippen LogP contribution in [0.1, 0.15) is 34.0 Å². The molecule has 1 N–H and O–H groups in total. The number of fused-ring (bicyclic) bond motifs is 2. The number of hydrogen-bond donors (Lipinski definition) is 1. The largest absolute Gasteiger partial charge is 0.309 e. The lowest BCUT2D eigenvalue weighted by molar-refractivity contribution is 0.921. The molecule has 0 saturated heterocycles. The van der Waals surface area contributed by atoms with E-state index >= 15 is 0 Å². The second kappa shape index (κ2) is 6.52. The van der Waals surface area contributed by atoms with Gasteiger partial charge in [-0.3, -0.25) is 4.79 Å². The number of benzene rings is 1. The van der Waals surface area contributed by atoms with Gasteiger partial charge < -0.3 is 4.98 Å². The van der Waals surface area contributed by atoms with Crippen molar-refractivity contribution >= 4 is 44.2 Å². The van der Waals surface area contributed by atoms with E-state index in [1.54, 1.807) is 23.1 Å². The number of rotatable bonds is 3. The lowest BCUT2D eigenvalue weighted by atomic mass is 10.1. The first-order valence-corrected chi connectivity index (χ1v) is 10.2. The van der Waals surface area contributed by atoms with Gasteiger partial charge in [-0.1, -0.05) is 30.0 Å². The number of para-hydroxylation sites is 1. The summed E-state index contributed by atoms with van der Waals surface area (Å²) >= 11 is 3.19. The Hall–Kier alpha value is -2.18. The average Bonchev–Trinajstić information content (AvgIpc) is 2.89. The predicted octanol–water partition coefficient (Wildman–Crippen LogP) is 5.31. The maximum Gasteiger partial charge on any atom is 0.259 e. The van der Waals surface area contributed by atoms with E-state index in [9.17, 15) is 4.79 Å². The summed E-state index contributed by atoms with van der Waals surface area (Å²) in [6.45, 7) is 8.15. The lowest BCUT2D eigenvalue weighted by Crippen LogP contribution is -2.12. The summed E-state index contributed by atoms with van der Waals surface area (Å²) in [6.07, 6.45) is 0. The molecular weight excluding hydrogens is 362 g/mol. The van der Waals surface area contributed by atoms with Gasteiger partial charge in [0.1, 0.15) is 10.7 Å². The van der Waals surface area contributed by atoms with E-state index in [4.69, 9.17) is 9.97 Å². The first-order valence-electron chi connectivity index (χ1n) is 8.47. The van der Waals surface area contributed by atoms with Crippen molar-refractivity contribution < 1.29 is 0 Å². The number of aromatic nitrogens is 3. The summed E-state index contributed by atoms with van der Waals surface area (Å²) in [5.74, 6) is 0.696. The van der Waals surface area contributed by atoms with E-state index < -0.39 is 0 Å². The highest BCUT2D eigenvalue weighted by molar-refractivity contribution is 7.99. The van der Waals surface area contributed by atoms with Crippen LogP contribution in [0.15, 0.2) is 40.2 Å². The third-order valence-electron chi connectivity index (χ3n) is 4.64. The van der Waals surface area contributed by atoms with Crippen LogP contribution in [0.4, 0.5) is 0 Å². The summed E-state index contributed by atoms with van der Waals surface area (Å²) in [6, 6.07) is 10.2. The SMILES string of the molecule is Cc1sc2nc(C(C)Sc3cc(C)c4ccccc4n3)[nH]c(=O)c2c1C. The van der Waals surface area contributed by atoms with Crippen molar-refractivity contribution in [2.45, 2.75) is 38.0 Å². The van der Waals surface area contributed by atoms with Crippen molar-refractivity contribution in [3.05, 3.63) is 62.5 Å². The molecule has 3 aromatic heterocycles. The Morgan fingerprint density at radius 2 is 1.92 bits per heavy atom. The third-order valence-corrected chi connectivity index (χ3v) is 6.77. The van der Waals surface area contributed by atoms with Gasteiger partial charge in [-0.25, -0.2) is 9.97 Å². The van der Waals surface area contributed by atoms with Crippen molar-refractivity contribution in [1.29, 1.82) is 0 Å². The molecule has 4 rings (SSSR count). The number of hydrogen-bond acceptors (Lipinski definition) is 5. The fourth-order valence-electron chi connectivity index (χ4n) is 3.08. The van der Waals surface area contributed by atoms with E-state index in [1.165, 1.54) is 10.9 Å². The summed E-state index contributed by atoms with van der Waals surface area (Å²) in [5, 5.41) is 2.83. The zero-order valence-corrected chi connectivity index (χ0v) is 16.7. The zero-order valence-electron chi connectivity index (χ0n) is 15.1. The van der Waals surface area contributed by atoms with Crippen molar-refractivity contribution in [3.63, 3.8) is 0 Å².